The Bertz CT molecular complexity index is 561. The van der Waals surface area contributed by atoms with E-state index in [0.717, 1.165) is 21.8 Å². The number of nitriles is 1. The van der Waals surface area contributed by atoms with Gasteiger partial charge in [-0.2, -0.15) is 9.65 Å². The first-order chi connectivity index (χ1) is 9.26. The molecule has 0 saturated heterocycles. The summed E-state index contributed by atoms with van der Waals surface area (Å²) in [6, 6.07) is 14.8. The van der Waals surface area contributed by atoms with Gasteiger partial charge >= 0.3 is 0 Å². The Kier molecular flexibility index (Phi) is 4.67. The Hall–Kier alpha value is -1.70. The van der Waals surface area contributed by atoms with E-state index < -0.39 is 0 Å². The van der Waals surface area contributed by atoms with Crippen molar-refractivity contribution in [2.75, 3.05) is 6.61 Å². The third-order valence-corrected chi connectivity index (χ3v) is 4.11. The molecule has 0 aliphatic carbocycles. The first-order valence-corrected chi connectivity index (χ1v) is 6.88. The maximum Gasteiger partial charge on any atom is 0.176 e. The summed E-state index contributed by atoms with van der Waals surface area (Å²) >= 11 is 1.05. The molecule has 0 bridgehead atoms. The fraction of sp³-hybridized carbons (Fsp3) is 0.267. The summed E-state index contributed by atoms with van der Waals surface area (Å²) in [4.78, 5) is 0.807. The Morgan fingerprint density at radius 1 is 1.21 bits per heavy atom. The van der Waals surface area contributed by atoms with Gasteiger partial charge in [0.1, 0.15) is 0 Å². The number of rotatable bonds is 5. The topological polar surface area (TPSA) is 44.0 Å². The molecule has 1 N–H and O–H groups in total. The molecule has 0 aliphatic heterocycles. The standard InChI is InChI=1S/C15H14FNOS/c16-15-7-6-14(19-15)12(8-9-18)13(10-17)11-4-2-1-3-5-11/h1-7,12-13,18H,8-9H2/t12-,13-/m1/s1. The van der Waals surface area contributed by atoms with E-state index in [4.69, 9.17) is 0 Å². The van der Waals surface area contributed by atoms with E-state index in [1.54, 1.807) is 6.07 Å². The molecule has 2 aromatic rings. The molecule has 0 aliphatic rings. The van der Waals surface area contributed by atoms with E-state index in [2.05, 4.69) is 6.07 Å². The molecule has 2 rings (SSSR count). The van der Waals surface area contributed by atoms with Crippen LogP contribution in [0, 0.1) is 16.5 Å². The quantitative estimate of drug-likeness (QED) is 0.905. The predicted molar refractivity (Wildman–Crippen MR) is 73.5 cm³/mol. The third-order valence-electron chi connectivity index (χ3n) is 3.10. The van der Waals surface area contributed by atoms with E-state index in [9.17, 15) is 14.8 Å². The van der Waals surface area contributed by atoms with E-state index in [0.29, 0.717) is 6.42 Å². The second-order valence-electron chi connectivity index (χ2n) is 4.28. The van der Waals surface area contributed by atoms with Crippen LogP contribution in [-0.2, 0) is 0 Å². The van der Waals surface area contributed by atoms with Gasteiger partial charge in [-0.25, -0.2) is 0 Å². The van der Waals surface area contributed by atoms with Gasteiger partial charge in [-0.05, 0) is 24.1 Å². The van der Waals surface area contributed by atoms with Crippen LogP contribution in [0.5, 0.6) is 0 Å². The smallest absolute Gasteiger partial charge is 0.176 e. The molecule has 1 heterocycles. The molecule has 0 amide bonds. The normalized spacial score (nSPS) is 13.7. The average molecular weight is 275 g/mol. The molecule has 1 aromatic heterocycles. The zero-order valence-electron chi connectivity index (χ0n) is 10.3. The molecule has 1 aromatic carbocycles. The summed E-state index contributed by atoms with van der Waals surface area (Å²) in [5, 5.41) is 18.4. The summed E-state index contributed by atoms with van der Waals surface area (Å²) in [6.07, 6.45) is 0.451. The van der Waals surface area contributed by atoms with Gasteiger partial charge in [0.2, 0.25) is 0 Å². The molecule has 0 radical (unpaired) electrons. The molecular formula is C15H14FNOS. The lowest BCUT2D eigenvalue weighted by molar-refractivity contribution is 0.273. The van der Waals surface area contributed by atoms with Crippen LogP contribution in [0.2, 0.25) is 0 Å². The van der Waals surface area contributed by atoms with Gasteiger partial charge in [-0.15, -0.1) is 11.3 Å². The number of thiophene rings is 1. The first kappa shape index (κ1) is 13.7. The summed E-state index contributed by atoms with van der Waals surface area (Å²) in [5.41, 5.74) is 0.900. The molecule has 19 heavy (non-hydrogen) atoms. The van der Waals surface area contributed by atoms with Crippen molar-refractivity contribution in [1.29, 1.82) is 5.26 Å². The lowest BCUT2D eigenvalue weighted by atomic mass is 9.84. The number of hydrogen-bond donors (Lipinski definition) is 1. The van der Waals surface area contributed by atoms with Crippen molar-refractivity contribution in [3.05, 3.63) is 58.0 Å². The van der Waals surface area contributed by atoms with E-state index in [1.807, 2.05) is 30.3 Å². The highest BCUT2D eigenvalue weighted by Crippen LogP contribution is 2.38. The number of aliphatic hydroxyl groups is 1. The van der Waals surface area contributed by atoms with Crippen LogP contribution in [-0.4, -0.2) is 11.7 Å². The van der Waals surface area contributed by atoms with Gasteiger partial charge in [-0.3, -0.25) is 0 Å². The maximum atomic E-state index is 13.2. The van der Waals surface area contributed by atoms with Crippen LogP contribution < -0.4 is 0 Å². The molecule has 2 nitrogen and oxygen atoms in total. The number of halogens is 1. The number of hydrogen-bond acceptors (Lipinski definition) is 3. The molecule has 0 unspecified atom stereocenters. The molecule has 4 heteroatoms. The van der Waals surface area contributed by atoms with Crippen LogP contribution >= 0.6 is 11.3 Å². The largest absolute Gasteiger partial charge is 0.396 e. The summed E-state index contributed by atoms with van der Waals surface area (Å²) in [5.74, 6) is -0.543. The van der Waals surface area contributed by atoms with Gasteiger partial charge < -0.3 is 5.11 Å². The minimum Gasteiger partial charge on any atom is -0.396 e. The van der Waals surface area contributed by atoms with Crippen molar-refractivity contribution in [3.63, 3.8) is 0 Å². The molecule has 98 valence electrons. The molecule has 2 atom stereocenters. The van der Waals surface area contributed by atoms with E-state index in [1.165, 1.54) is 6.07 Å². The zero-order valence-corrected chi connectivity index (χ0v) is 11.1. The number of benzene rings is 1. The van der Waals surface area contributed by atoms with Crippen LogP contribution in [0.25, 0.3) is 0 Å². The fourth-order valence-electron chi connectivity index (χ4n) is 2.20. The Labute approximate surface area is 115 Å². The second-order valence-corrected chi connectivity index (χ2v) is 5.34. The Morgan fingerprint density at radius 2 is 1.95 bits per heavy atom. The molecule has 0 spiro atoms. The monoisotopic (exact) mass is 275 g/mol. The third kappa shape index (κ3) is 3.19. The first-order valence-electron chi connectivity index (χ1n) is 6.07. The van der Waals surface area contributed by atoms with Crippen LogP contribution in [0.4, 0.5) is 4.39 Å². The Morgan fingerprint density at radius 3 is 2.47 bits per heavy atom. The van der Waals surface area contributed by atoms with Crippen molar-refractivity contribution in [2.45, 2.75) is 18.3 Å². The minimum atomic E-state index is -0.369. The SMILES string of the molecule is N#C[C@H](c1ccccc1)[C@@H](CCO)c1ccc(F)s1. The van der Waals surface area contributed by atoms with Crippen LogP contribution in [0.3, 0.4) is 0 Å². The van der Waals surface area contributed by atoms with Crippen molar-refractivity contribution >= 4 is 11.3 Å². The van der Waals surface area contributed by atoms with Gasteiger partial charge in [0.05, 0.1) is 12.0 Å². The average Bonchev–Trinajstić information content (AvgIpc) is 2.86. The highest BCUT2D eigenvalue weighted by molar-refractivity contribution is 7.10. The fourth-order valence-corrected chi connectivity index (χ4v) is 3.10. The lowest BCUT2D eigenvalue weighted by Gasteiger charge is -2.20. The van der Waals surface area contributed by atoms with Crippen molar-refractivity contribution in [3.8, 4) is 6.07 Å². The molecule has 0 fully saturated rings. The van der Waals surface area contributed by atoms with Crippen molar-refractivity contribution in [1.82, 2.24) is 0 Å². The van der Waals surface area contributed by atoms with Crippen molar-refractivity contribution < 1.29 is 9.50 Å². The molecular weight excluding hydrogens is 261 g/mol. The summed E-state index contributed by atoms with van der Waals surface area (Å²) in [6.45, 7) is -0.0187. The number of nitrogens with zero attached hydrogens (tertiary/aromatic N) is 1. The van der Waals surface area contributed by atoms with E-state index in [-0.39, 0.29) is 23.6 Å². The molecule has 0 saturated carbocycles. The predicted octanol–water partition coefficient (Wildman–Crippen LogP) is 3.66. The van der Waals surface area contributed by atoms with Crippen LogP contribution in [0.15, 0.2) is 42.5 Å². The lowest BCUT2D eigenvalue weighted by Crippen LogP contribution is -2.10. The Balaban J connectivity index is 2.34. The highest BCUT2D eigenvalue weighted by Gasteiger charge is 2.25. The highest BCUT2D eigenvalue weighted by atomic mass is 32.1. The van der Waals surface area contributed by atoms with Gasteiger partial charge in [0, 0.05) is 17.4 Å². The summed E-state index contributed by atoms with van der Waals surface area (Å²) in [7, 11) is 0. The van der Waals surface area contributed by atoms with Crippen molar-refractivity contribution in [2.24, 2.45) is 0 Å². The van der Waals surface area contributed by atoms with Gasteiger partial charge in [0.15, 0.2) is 5.13 Å². The summed E-state index contributed by atoms with van der Waals surface area (Å²) < 4.78 is 13.2. The van der Waals surface area contributed by atoms with Gasteiger partial charge in [-0.1, -0.05) is 30.3 Å². The maximum absolute atomic E-state index is 13.2. The zero-order chi connectivity index (χ0) is 13.7. The van der Waals surface area contributed by atoms with Crippen LogP contribution in [0.1, 0.15) is 28.7 Å². The minimum absolute atomic E-state index is 0.0187. The van der Waals surface area contributed by atoms with E-state index >= 15 is 0 Å². The van der Waals surface area contributed by atoms with Gasteiger partial charge in [0.25, 0.3) is 0 Å². The number of aliphatic hydroxyl groups excluding tert-OH is 1. The second kappa shape index (κ2) is 6.46.